The van der Waals surface area contributed by atoms with Crippen LogP contribution >= 0.6 is 11.6 Å². The summed E-state index contributed by atoms with van der Waals surface area (Å²) in [5.41, 5.74) is 5.28. The van der Waals surface area contributed by atoms with Crippen LogP contribution in [0.5, 0.6) is 0 Å². The van der Waals surface area contributed by atoms with E-state index < -0.39 is 29.4 Å². The Labute approximate surface area is 184 Å². The Morgan fingerprint density at radius 3 is 2.47 bits per heavy atom. The summed E-state index contributed by atoms with van der Waals surface area (Å²) in [5.74, 6) is -3.86. The molecule has 3 N–H and O–H groups in total. The molecule has 2 heterocycles. The highest BCUT2D eigenvalue weighted by atomic mass is 35.5. The molecule has 1 aliphatic rings. The van der Waals surface area contributed by atoms with Gasteiger partial charge in [0, 0.05) is 17.8 Å². The zero-order valence-electron chi connectivity index (χ0n) is 16.4. The molecule has 12 heteroatoms. The molecule has 4 rings (SSSR count). The van der Waals surface area contributed by atoms with Crippen LogP contribution in [-0.4, -0.2) is 51.0 Å². The van der Waals surface area contributed by atoms with Crippen molar-refractivity contribution >= 4 is 34.9 Å². The highest BCUT2D eigenvalue weighted by Crippen LogP contribution is 2.27. The second-order valence-electron chi connectivity index (χ2n) is 7.08. The monoisotopic (exact) mass is 464 g/mol. The second kappa shape index (κ2) is 8.50. The van der Waals surface area contributed by atoms with Gasteiger partial charge in [0.2, 0.25) is 0 Å². The van der Waals surface area contributed by atoms with Crippen LogP contribution in [0.2, 0.25) is 5.02 Å². The van der Waals surface area contributed by atoms with E-state index in [2.05, 4.69) is 15.5 Å². The normalized spacial score (nSPS) is 15.8. The van der Waals surface area contributed by atoms with Crippen LogP contribution in [0.25, 0.3) is 5.69 Å². The van der Waals surface area contributed by atoms with E-state index in [4.69, 9.17) is 17.3 Å². The lowest BCUT2D eigenvalue weighted by molar-refractivity contribution is 0.0782. The number of anilines is 2. The van der Waals surface area contributed by atoms with Crippen LogP contribution in [0.1, 0.15) is 27.3 Å². The lowest BCUT2D eigenvalue weighted by atomic mass is 10.2. The van der Waals surface area contributed by atoms with E-state index in [1.54, 1.807) is 0 Å². The summed E-state index contributed by atoms with van der Waals surface area (Å²) in [6.07, 6.45) is -0.710. The van der Waals surface area contributed by atoms with Gasteiger partial charge in [0.05, 0.1) is 11.6 Å². The highest BCUT2D eigenvalue weighted by Gasteiger charge is 2.27. The SMILES string of the molecule is NC(=O)c1nn(-c2c(Cl)ccc(F)c2F)nc1Nc1ccc(C(=O)N2CC[C@@H](F)C2)cc1. The van der Waals surface area contributed by atoms with Gasteiger partial charge in [-0.05, 0) is 42.8 Å². The van der Waals surface area contributed by atoms with E-state index in [0.29, 0.717) is 29.0 Å². The van der Waals surface area contributed by atoms with Crippen LogP contribution < -0.4 is 11.1 Å². The molecule has 32 heavy (non-hydrogen) atoms. The van der Waals surface area contributed by atoms with E-state index in [9.17, 15) is 22.8 Å². The Morgan fingerprint density at radius 1 is 1.12 bits per heavy atom. The van der Waals surface area contributed by atoms with Gasteiger partial charge in [0.15, 0.2) is 23.1 Å². The topological polar surface area (TPSA) is 106 Å². The first-order valence-corrected chi connectivity index (χ1v) is 9.84. The number of halogens is 4. The van der Waals surface area contributed by atoms with Crippen molar-refractivity contribution in [3.63, 3.8) is 0 Å². The Balaban J connectivity index is 1.60. The summed E-state index contributed by atoms with van der Waals surface area (Å²) >= 11 is 5.94. The average molecular weight is 465 g/mol. The van der Waals surface area contributed by atoms with Crippen molar-refractivity contribution in [2.75, 3.05) is 18.4 Å². The largest absolute Gasteiger partial charge is 0.364 e. The van der Waals surface area contributed by atoms with Crippen LogP contribution in [-0.2, 0) is 0 Å². The van der Waals surface area contributed by atoms with Gasteiger partial charge in [-0.2, -0.15) is 0 Å². The number of nitrogens with one attached hydrogen (secondary N) is 1. The summed E-state index contributed by atoms with van der Waals surface area (Å²) in [7, 11) is 0. The fraction of sp³-hybridized carbons (Fsp3) is 0.200. The number of aromatic nitrogens is 3. The fourth-order valence-electron chi connectivity index (χ4n) is 3.27. The molecular weight excluding hydrogens is 449 g/mol. The van der Waals surface area contributed by atoms with Crippen molar-refractivity contribution in [1.29, 1.82) is 0 Å². The first-order chi connectivity index (χ1) is 15.2. The van der Waals surface area contributed by atoms with Crippen LogP contribution in [0.15, 0.2) is 36.4 Å². The number of nitrogens with zero attached hydrogens (tertiary/aromatic N) is 4. The number of primary amides is 1. The smallest absolute Gasteiger partial charge is 0.273 e. The third-order valence-electron chi connectivity index (χ3n) is 4.88. The van der Waals surface area contributed by atoms with Gasteiger partial charge in [-0.25, -0.2) is 13.2 Å². The quantitative estimate of drug-likeness (QED) is 0.564. The highest BCUT2D eigenvalue weighted by molar-refractivity contribution is 6.32. The number of benzene rings is 2. The number of hydrogen-bond acceptors (Lipinski definition) is 5. The van der Waals surface area contributed by atoms with Crippen molar-refractivity contribution < 1.29 is 22.8 Å². The van der Waals surface area contributed by atoms with Gasteiger partial charge in [-0.3, -0.25) is 9.59 Å². The van der Waals surface area contributed by atoms with Crippen molar-refractivity contribution in [2.24, 2.45) is 5.73 Å². The van der Waals surface area contributed by atoms with E-state index in [1.165, 1.54) is 29.2 Å². The molecule has 0 radical (unpaired) electrons. The van der Waals surface area contributed by atoms with Crippen molar-refractivity contribution in [1.82, 2.24) is 19.9 Å². The Bertz CT molecular complexity index is 1200. The van der Waals surface area contributed by atoms with Crippen molar-refractivity contribution in [3.8, 4) is 5.69 Å². The Morgan fingerprint density at radius 2 is 1.84 bits per heavy atom. The number of likely N-dealkylation sites (tertiary alicyclic amines) is 1. The molecule has 1 fully saturated rings. The van der Waals surface area contributed by atoms with E-state index in [-0.39, 0.29) is 29.0 Å². The van der Waals surface area contributed by atoms with Crippen molar-refractivity contribution in [2.45, 2.75) is 12.6 Å². The number of amides is 2. The maximum absolute atomic E-state index is 14.2. The number of alkyl halides is 1. The van der Waals surface area contributed by atoms with Gasteiger partial charge in [0.25, 0.3) is 11.8 Å². The fourth-order valence-corrected chi connectivity index (χ4v) is 3.50. The zero-order chi connectivity index (χ0) is 23.0. The van der Waals surface area contributed by atoms with Gasteiger partial charge in [0.1, 0.15) is 11.9 Å². The molecule has 166 valence electrons. The molecule has 2 aromatic carbocycles. The van der Waals surface area contributed by atoms with E-state index in [0.717, 1.165) is 12.1 Å². The van der Waals surface area contributed by atoms with Crippen LogP contribution in [0.4, 0.5) is 24.7 Å². The minimum atomic E-state index is -1.30. The second-order valence-corrected chi connectivity index (χ2v) is 7.49. The van der Waals surface area contributed by atoms with Gasteiger partial charge >= 0.3 is 0 Å². The number of hydrogen-bond donors (Lipinski definition) is 2. The summed E-state index contributed by atoms with van der Waals surface area (Å²) in [6, 6.07) is 8.08. The molecule has 0 aliphatic carbocycles. The number of nitrogens with two attached hydrogens (primary N) is 1. The molecule has 2 amide bonds. The molecule has 0 bridgehead atoms. The number of rotatable bonds is 5. The van der Waals surface area contributed by atoms with Crippen molar-refractivity contribution in [3.05, 3.63) is 64.3 Å². The maximum atomic E-state index is 14.2. The first-order valence-electron chi connectivity index (χ1n) is 9.46. The summed E-state index contributed by atoms with van der Waals surface area (Å²) < 4.78 is 41.2. The molecule has 1 saturated heterocycles. The van der Waals surface area contributed by atoms with Gasteiger partial charge in [-0.1, -0.05) is 11.6 Å². The lowest BCUT2D eigenvalue weighted by Crippen LogP contribution is -2.28. The zero-order valence-corrected chi connectivity index (χ0v) is 17.1. The third-order valence-corrected chi connectivity index (χ3v) is 5.18. The molecular formula is C20H16ClF3N6O2. The summed E-state index contributed by atoms with van der Waals surface area (Å²) in [6.45, 7) is 0.410. The summed E-state index contributed by atoms with van der Waals surface area (Å²) in [5, 5.41) is 10.4. The molecule has 1 aromatic heterocycles. The lowest BCUT2D eigenvalue weighted by Gasteiger charge is -2.15. The predicted octanol–water partition coefficient (Wildman–Crippen LogP) is 3.23. The maximum Gasteiger partial charge on any atom is 0.273 e. The minimum Gasteiger partial charge on any atom is -0.364 e. The standard InChI is InChI=1S/C20H16ClF3N6O2/c21-13-5-6-14(23)15(24)17(13)30-27-16(18(25)31)19(28-30)26-12-3-1-10(2-4-12)20(32)29-8-7-11(22)9-29/h1-6,11H,7-9H2,(H2,25,31)(H,26,28)/t11-/m1/s1. The van der Waals surface area contributed by atoms with Gasteiger partial charge in [-0.15, -0.1) is 15.0 Å². The Kier molecular flexibility index (Phi) is 5.74. The molecule has 1 aliphatic heterocycles. The van der Waals surface area contributed by atoms with Crippen LogP contribution in [0, 0.1) is 11.6 Å². The minimum absolute atomic E-state index is 0.0586. The van der Waals surface area contributed by atoms with Gasteiger partial charge < -0.3 is 16.0 Å². The summed E-state index contributed by atoms with van der Waals surface area (Å²) in [4.78, 5) is 26.3. The third kappa shape index (κ3) is 4.11. The number of carbonyl (C=O) groups is 2. The van der Waals surface area contributed by atoms with E-state index >= 15 is 0 Å². The first kappa shape index (κ1) is 21.6. The molecule has 1 atom stereocenters. The molecule has 0 spiro atoms. The predicted molar refractivity (Wildman–Crippen MR) is 110 cm³/mol. The number of carbonyl (C=O) groups excluding carboxylic acids is 2. The molecule has 0 unspecified atom stereocenters. The van der Waals surface area contributed by atoms with E-state index in [1.807, 2.05) is 0 Å². The van der Waals surface area contributed by atoms with Crippen LogP contribution in [0.3, 0.4) is 0 Å². The Hall–Kier alpha value is -3.60. The molecule has 3 aromatic rings. The average Bonchev–Trinajstić information content (AvgIpc) is 3.38. The molecule has 0 saturated carbocycles. The molecule has 8 nitrogen and oxygen atoms in total.